The molecule has 18 heavy (non-hydrogen) atoms. The molecular formula is C12H13FN2O3. The van der Waals surface area contributed by atoms with E-state index in [0.29, 0.717) is 0 Å². The Hall–Kier alpha value is -2.24. The van der Waals surface area contributed by atoms with Crippen molar-refractivity contribution in [2.24, 2.45) is 4.99 Å². The van der Waals surface area contributed by atoms with Crippen molar-refractivity contribution in [1.82, 2.24) is 4.90 Å². The average molecular weight is 252 g/mol. The van der Waals surface area contributed by atoms with Crippen LogP contribution >= 0.6 is 0 Å². The molecule has 0 fully saturated rings. The number of amides is 1. The molecule has 1 aromatic carbocycles. The SMILES string of the molecule is COC(=O)c1c(F)cccc1C(=O)N=CN(C)C. The molecule has 0 bridgehead atoms. The van der Waals surface area contributed by atoms with Gasteiger partial charge in [-0.2, -0.15) is 4.99 Å². The summed E-state index contributed by atoms with van der Waals surface area (Å²) in [5, 5.41) is 0. The van der Waals surface area contributed by atoms with Gasteiger partial charge in [-0.05, 0) is 12.1 Å². The zero-order valence-corrected chi connectivity index (χ0v) is 10.3. The van der Waals surface area contributed by atoms with Gasteiger partial charge < -0.3 is 9.64 Å². The minimum Gasteiger partial charge on any atom is -0.465 e. The van der Waals surface area contributed by atoms with E-state index in [9.17, 15) is 14.0 Å². The van der Waals surface area contributed by atoms with Gasteiger partial charge in [0.05, 0.1) is 19.0 Å². The van der Waals surface area contributed by atoms with Crippen LogP contribution < -0.4 is 0 Å². The first kappa shape index (κ1) is 13.8. The van der Waals surface area contributed by atoms with Crippen LogP contribution in [0, 0.1) is 5.82 Å². The Balaban J connectivity index is 3.20. The van der Waals surface area contributed by atoms with E-state index in [0.717, 1.165) is 13.2 Å². The molecule has 0 radical (unpaired) electrons. The molecule has 0 saturated heterocycles. The lowest BCUT2D eigenvalue weighted by molar-refractivity contribution is 0.0591. The van der Waals surface area contributed by atoms with Gasteiger partial charge in [0.2, 0.25) is 0 Å². The van der Waals surface area contributed by atoms with E-state index < -0.39 is 23.3 Å². The molecule has 0 spiro atoms. The topological polar surface area (TPSA) is 59.0 Å². The van der Waals surface area contributed by atoms with Gasteiger partial charge in [0.1, 0.15) is 11.4 Å². The van der Waals surface area contributed by atoms with Crippen LogP contribution in [0.5, 0.6) is 0 Å². The van der Waals surface area contributed by atoms with Crippen LogP contribution in [0.1, 0.15) is 20.7 Å². The molecule has 96 valence electrons. The molecule has 0 N–H and O–H groups in total. The number of aliphatic imine (C=N–C) groups is 1. The summed E-state index contributed by atoms with van der Waals surface area (Å²) >= 11 is 0. The molecule has 0 aromatic heterocycles. The van der Waals surface area contributed by atoms with Gasteiger partial charge in [-0.3, -0.25) is 4.79 Å². The fraction of sp³-hybridized carbons (Fsp3) is 0.250. The Morgan fingerprint density at radius 3 is 2.61 bits per heavy atom. The van der Waals surface area contributed by atoms with E-state index in [4.69, 9.17) is 0 Å². The molecule has 1 amide bonds. The third-order valence-corrected chi connectivity index (χ3v) is 2.04. The molecule has 0 atom stereocenters. The number of hydrogen-bond acceptors (Lipinski definition) is 3. The Bertz CT molecular complexity index is 498. The zero-order chi connectivity index (χ0) is 13.7. The fourth-order valence-electron chi connectivity index (χ4n) is 1.25. The summed E-state index contributed by atoms with van der Waals surface area (Å²) in [6, 6.07) is 3.74. The highest BCUT2D eigenvalue weighted by Crippen LogP contribution is 2.15. The number of halogens is 1. The minimum atomic E-state index is -0.906. The van der Waals surface area contributed by atoms with E-state index in [1.165, 1.54) is 18.5 Å². The third-order valence-electron chi connectivity index (χ3n) is 2.04. The van der Waals surface area contributed by atoms with E-state index in [1.807, 2.05) is 0 Å². The van der Waals surface area contributed by atoms with Gasteiger partial charge >= 0.3 is 5.97 Å². The number of benzene rings is 1. The Morgan fingerprint density at radius 2 is 2.06 bits per heavy atom. The van der Waals surface area contributed by atoms with Crippen molar-refractivity contribution >= 4 is 18.2 Å². The summed E-state index contributed by atoms with van der Waals surface area (Å²) in [5.41, 5.74) is -0.527. The van der Waals surface area contributed by atoms with Crippen molar-refractivity contribution in [3.63, 3.8) is 0 Å². The highest BCUT2D eigenvalue weighted by Gasteiger charge is 2.21. The van der Waals surface area contributed by atoms with Gasteiger partial charge in [-0.1, -0.05) is 6.07 Å². The first-order valence-electron chi connectivity index (χ1n) is 5.09. The van der Waals surface area contributed by atoms with Crippen LogP contribution in [-0.4, -0.2) is 44.3 Å². The first-order chi connectivity index (χ1) is 8.47. The highest BCUT2D eigenvalue weighted by atomic mass is 19.1. The highest BCUT2D eigenvalue weighted by molar-refractivity contribution is 6.07. The smallest absolute Gasteiger partial charge is 0.341 e. The minimum absolute atomic E-state index is 0.125. The number of esters is 1. The normalized spacial score (nSPS) is 10.4. The predicted molar refractivity (Wildman–Crippen MR) is 64.2 cm³/mol. The number of carbonyl (C=O) groups is 2. The van der Waals surface area contributed by atoms with Crippen LogP contribution in [-0.2, 0) is 4.74 Å². The Morgan fingerprint density at radius 1 is 1.39 bits per heavy atom. The molecule has 1 aromatic rings. The Kier molecular flexibility index (Phi) is 4.53. The van der Waals surface area contributed by atoms with Gasteiger partial charge in [0.15, 0.2) is 0 Å². The predicted octanol–water partition coefficient (Wildman–Crippen LogP) is 1.34. The van der Waals surface area contributed by atoms with Crippen LogP contribution in [0.4, 0.5) is 4.39 Å². The molecule has 0 aliphatic heterocycles. The molecule has 1 rings (SSSR count). The largest absolute Gasteiger partial charge is 0.465 e. The molecule has 0 aliphatic rings. The summed E-state index contributed by atoms with van der Waals surface area (Å²) in [4.78, 5) is 28.3. The number of ether oxygens (including phenoxy) is 1. The van der Waals surface area contributed by atoms with Crippen molar-refractivity contribution in [3.8, 4) is 0 Å². The van der Waals surface area contributed by atoms with Crippen molar-refractivity contribution in [3.05, 3.63) is 35.1 Å². The molecule has 0 aliphatic carbocycles. The number of nitrogens with zero attached hydrogens (tertiary/aromatic N) is 2. The number of carbonyl (C=O) groups excluding carboxylic acids is 2. The second kappa shape index (κ2) is 5.90. The number of hydrogen-bond donors (Lipinski definition) is 0. The summed E-state index contributed by atoms with van der Waals surface area (Å²) < 4.78 is 18.0. The monoisotopic (exact) mass is 252 g/mol. The van der Waals surface area contributed by atoms with Gasteiger partial charge in [-0.15, -0.1) is 0 Å². The van der Waals surface area contributed by atoms with Crippen molar-refractivity contribution < 1.29 is 18.7 Å². The van der Waals surface area contributed by atoms with Crippen LogP contribution in [0.25, 0.3) is 0 Å². The van der Waals surface area contributed by atoms with Crippen LogP contribution in [0.2, 0.25) is 0 Å². The maximum atomic E-state index is 13.5. The lowest BCUT2D eigenvalue weighted by atomic mass is 10.1. The maximum Gasteiger partial charge on any atom is 0.341 e. The molecule has 0 heterocycles. The summed E-state index contributed by atoms with van der Waals surface area (Å²) in [6.07, 6.45) is 1.27. The van der Waals surface area contributed by atoms with E-state index in [2.05, 4.69) is 9.73 Å². The Labute approximate surface area is 104 Å². The first-order valence-corrected chi connectivity index (χ1v) is 5.09. The second-order valence-electron chi connectivity index (χ2n) is 3.67. The molecule has 0 saturated carbocycles. The van der Waals surface area contributed by atoms with Crippen molar-refractivity contribution in [1.29, 1.82) is 0 Å². The standard InChI is InChI=1S/C12H13FN2O3/c1-15(2)7-14-11(16)8-5-4-6-9(13)10(8)12(17)18-3/h4-7H,1-3H3. The molecule has 0 unspecified atom stereocenters. The van der Waals surface area contributed by atoms with Crippen molar-refractivity contribution in [2.75, 3.05) is 21.2 Å². The zero-order valence-electron chi connectivity index (χ0n) is 10.3. The summed E-state index contributed by atoms with van der Waals surface area (Å²) in [5.74, 6) is -2.42. The summed E-state index contributed by atoms with van der Waals surface area (Å²) in [7, 11) is 4.49. The van der Waals surface area contributed by atoms with Gasteiger partial charge in [-0.25, -0.2) is 9.18 Å². The second-order valence-corrected chi connectivity index (χ2v) is 3.67. The quantitative estimate of drug-likeness (QED) is 0.463. The average Bonchev–Trinajstić information content (AvgIpc) is 2.34. The fourth-order valence-corrected chi connectivity index (χ4v) is 1.25. The van der Waals surface area contributed by atoms with E-state index >= 15 is 0 Å². The van der Waals surface area contributed by atoms with Crippen LogP contribution in [0.3, 0.4) is 0 Å². The van der Waals surface area contributed by atoms with Gasteiger partial charge in [0, 0.05) is 14.1 Å². The maximum absolute atomic E-state index is 13.5. The lowest BCUT2D eigenvalue weighted by Gasteiger charge is -2.06. The molecule has 6 heteroatoms. The number of rotatable bonds is 3. The molecular weight excluding hydrogens is 239 g/mol. The molecule has 5 nitrogen and oxygen atoms in total. The van der Waals surface area contributed by atoms with E-state index in [-0.39, 0.29) is 5.56 Å². The number of methoxy groups -OCH3 is 1. The summed E-state index contributed by atoms with van der Waals surface area (Å²) in [6.45, 7) is 0. The third kappa shape index (κ3) is 3.13. The van der Waals surface area contributed by atoms with Crippen LogP contribution in [0.15, 0.2) is 23.2 Å². The van der Waals surface area contributed by atoms with E-state index in [1.54, 1.807) is 19.0 Å². The lowest BCUT2D eigenvalue weighted by Crippen LogP contribution is -2.14. The van der Waals surface area contributed by atoms with Gasteiger partial charge in [0.25, 0.3) is 5.91 Å². The van der Waals surface area contributed by atoms with Crippen molar-refractivity contribution in [2.45, 2.75) is 0 Å².